The number of benzene rings is 1. The summed E-state index contributed by atoms with van der Waals surface area (Å²) in [5.41, 5.74) is 3.67. The highest BCUT2D eigenvalue weighted by Gasteiger charge is 2.14. The van der Waals surface area contributed by atoms with E-state index in [1.54, 1.807) is 12.4 Å². The van der Waals surface area contributed by atoms with Crippen LogP contribution < -0.4 is 0 Å². The smallest absolute Gasteiger partial charge is 0.258 e. The van der Waals surface area contributed by atoms with Gasteiger partial charge in [-0.2, -0.15) is 4.98 Å². The van der Waals surface area contributed by atoms with E-state index in [0.717, 1.165) is 46.4 Å². The first-order valence-corrected chi connectivity index (χ1v) is 7.98. The molecule has 0 aliphatic rings. The maximum absolute atomic E-state index is 5.50. The van der Waals surface area contributed by atoms with Gasteiger partial charge in [0.25, 0.3) is 5.89 Å². The molecule has 0 saturated heterocycles. The quantitative estimate of drug-likeness (QED) is 0.561. The van der Waals surface area contributed by atoms with Crippen LogP contribution in [0.3, 0.4) is 0 Å². The van der Waals surface area contributed by atoms with Crippen molar-refractivity contribution in [3.8, 4) is 22.7 Å². The molecular weight excluding hydrogens is 300 g/mol. The average molecular weight is 316 g/mol. The first kappa shape index (κ1) is 14.5. The second-order valence-electron chi connectivity index (χ2n) is 5.57. The van der Waals surface area contributed by atoms with Crippen LogP contribution in [0, 0.1) is 0 Å². The molecule has 5 nitrogen and oxygen atoms in total. The van der Waals surface area contributed by atoms with E-state index in [9.17, 15) is 0 Å². The lowest BCUT2D eigenvalue weighted by atomic mass is 10.0. The molecule has 4 rings (SSSR count). The van der Waals surface area contributed by atoms with Gasteiger partial charge < -0.3 is 4.52 Å². The Morgan fingerprint density at radius 3 is 2.67 bits per heavy atom. The number of fused-ring (bicyclic) bond motifs is 1. The molecule has 0 atom stereocenters. The number of aromatic nitrogens is 4. The van der Waals surface area contributed by atoms with Gasteiger partial charge in [-0.15, -0.1) is 0 Å². The summed E-state index contributed by atoms with van der Waals surface area (Å²) in [5.74, 6) is 1.27. The zero-order valence-corrected chi connectivity index (χ0v) is 13.3. The Morgan fingerprint density at radius 2 is 1.83 bits per heavy atom. The predicted molar refractivity (Wildman–Crippen MR) is 92.3 cm³/mol. The molecule has 0 fully saturated rings. The van der Waals surface area contributed by atoms with E-state index in [1.165, 1.54) is 0 Å². The topological polar surface area (TPSA) is 64.7 Å². The molecule has 1 aromatic carbocycles. The molecule has 0 amide bonds. The first-order valence-electron chi connectivity index (χ1n) is 7.98. The van der Waals surface area contributed by atoms with Gasteiger partial charge in [-0.3, -0.25) is 4.98 Å². The number of aryl methyl sites for hydroxylation is 1. The number of pyridine rings is 2. The van der Waals surface area contributed by atoms with Crippen molar-refractivity contribution >= 4 is 10.9 Å². The molecule has 0 bridgehead atoms. The van der Waals surface area contributed by atoms with Crippen molar-refractivity contribution in [2.24, 2.45) is 0 Å². The minimum atomic E-state index is 0.535. The summed E-state index contributed by atoms with van der Waals surface area (Å²) in [6.45, 7) is 2.10. The number of para-hydroxylation sites is 1. The van der Waals surface area contributed by atoms with Gasteiger partial charge in [0, 0.05) is 29.8 Å². The normalized spacial score (nSPS) is 11.0. The molecular formula is C19H16N4O. The highest BCUT2D eigenvalue weighted by atomic mass is 16.5. The van der Waals surface area contributed by atoms with Crippen LogP contribution in [0.5, 0.6) is 0 Å². The van der Waals surface area contributed by atoms with Gasteiger partial charge in [0.05, 0.1) is 16.8 Å². The molecule has 0 N–H and O–H groups in total. The Bertz CT molecular complexity index is 979. The molecule has 0 aliphatic heterocycles. The van der Waals surface area contributed by atoms with E-state index >= 15 is 0 Å². The fraction of sp³-hybridized carbons (Fsp3) is 0.158. The molecule has 0 saturated carbocycles. The van der Waals surface area contributed by atoms with Crippen molar-refractivity contribution in [2.45, 2.75) is 19.8 Å². The second-order valence-corrected chi connectivity index (χ2v) is 5.57. The van der Waals surface area contributed by atoms with E-state index in [0.29, 0.717) is 5.89 Å². The molecule has 5 heteroatoms. The standard InChI is InChI=1S/C19H16N4O/c1-2-5-18-22-19(24-23-18)15-12-17(13-8-10-20-11-9-13)21-16-7-4-3-6-14(15)16/h3-4,6-12H,2,5H2,1H3. The first-order chi connectivity index (χ1) is 11.8. The van der Waals surface area contributed by atoms with Crippen molar-refractivity contribution in [1.82, 2.24) is 20.1 Å². The second kappa shape index (κ2) is 6.20. The van der Waals surface area contributed by atoms with Gasteiger partial charge in [-0.1, -0.05) is 30.3 Å². The Balaban J connectivity index is 1.92. The maximum Gasteiger partial charge on any atom is 0.258 e. The molecule has 0 unspecified atom stereocenters. The van der Waals surface area contributed by atoms with E-state index in [1.807, 2.05) is 42.5 Å². The summed E-state index contributed by atoms with van der Waals surface area (Å²) in [6.07, 6.45) is 5.32. The van der Waals surface area contributed by atoms with Crippen molar-refractivity contribution < 1.29 is 4.52 Å². The number of nitrogens with zero attached hydrogens (tertiary/aromatic N) is 4. The molecule has 3 aromatic heterocycles. The van der Waals surface area contributed by atoms with Gasteiger partial charge >= 0.3 is 0 Å². The lowest BCUT2D eigenvalue weighted by molar-refractivity contribution is 0.422. The van der Waals surface area contributed by atoms with Crippen LogP contribution in [0.25, 0.3) is 33.6 Å². The largest absolute Gasteiger partial charge is 0.334 e. The Morgan fingerprint density at radius 1 is 1.00 bits per heavy atom. The summed E-state index contributed by atoms with van der Waals surface area (Å²) in [6, 6.07) is 13.9. The summed E-state index contributed by atoms with van der Waals surface area (Å²) in [5, 5.41) is 5.08. The maximum atomic E-state index is 5.50. The van der Waals surface area contributed by atoms with Gasteiger partial charge in [0.15, 0.2) is 5.82 Å². The predicted octanol–water partition coefficient (Wildman–Crippen LogP) is 4.30. The SMILES string of the molecule is CCCc1noc(-c2cc(-c3ccncc3)nc3ccccc23)n1. The average Bonchev–Trinajstić information content (AvgIpc) is 3.10. The zero-order valence-electron chi connectivity index (χ0n) is 13.3. The van der Waals surface area contributed by atoms with Crippen LogP contribution in [0.2, 0.25) is 0 Å². The molecule has 3 heterocycles. The molecule has 0 radical (unpaired) electrons. The van der Waals surface area contributed by atoms with Gasteiger partial charge in [0.1, 0.15) is 0 Å². The Hall–Kier alpha value is -3.08. The van der Waals surface area contributed by atoms with E-state index in [2.05, 4.69) is 22.0 Å². The third-order valence-electron chi connectivity index (χ3n) is 3.86. The monoisotopic (exact) mass is 316 g/mol. The van der Waals surface area contributed by atoms with Crippen LogP contribution >= 0.6 is 0 Å². The van der Waals surface area contributed by atoms with Gasteiger partial charge in [0.2, 0.25) is 0 Å². The minimum absolute atomic E-state index is 0.535. The third-order valence-corrected chi connectivity index (χ3v) is 3.86. The Kier molecular flexibility index (Phi) is 3.75. The van der Waals surface area contributed by atoms with E-state index < -0.39 is 0 Å². The number of hydrogen-bond acceptors (Lipinski definition) is 5. The fourth-order valence-electron chi connectivity index (χ4n) is 2.71. The van der Waals surface area contributed by atoms with Crippen LogP contribution in [0.1, 0.15) is 19.2 Å². The molecule has 118 valence electrons. The zero-order chi connectivity index (χ0) is 16.4. The van der Waals surface area contributed by atoms with E-state index in [4.69, 9.17) is 9.51 Å². The summed E-state index contributed by atoms with van der Waals surface area (Å²) < 4.78 is 5.50. The number of rotatable bonds is 4. The summed E-state index contributed by atoms with van der Waals surface area (Å²) >= 11 is 0. The van der Waals surface area contributed by atoms with Crippen molar-refractivity contribution in [2.75, 3.05) is 0 Å². The van der Waals surface area contributed by atoms with Gasteiger partial charge in [-0.05, 0) is 30.7 Å². The highest BCUT2D eigenvalue weighted by Crippen LogP contribution is 2.31. The summed E-state index contributed by atoms with van der Waals surface area (Å²) in [7, 11) is 0. The highest BCUT2D eigenvalue weighted by molar-refractivity contribution is 5.94. The van der Waals surface area contributed by atoms with Crippen molar-refractivity contribution in [3.05, 3.63) is 60.7 Å². The molecule has 0 aliphatic carbocycles. The molecule has 0 spiro atoms. The fourth-order valence-corrected chi connectivity index (χ4v) is 2.71. The van der Waals surface area contributed by atoms with Crippen LogP contribution in [-0.4, -0.2) is 20.1 Å². The molecule has 4 aromatic rings. The number of hydrogen-bond donors (Lipinski definition) is 0. The molecule has 24 heavy (non-hydrogen) atoms. The van der Waals surface area contributed by atoms with Crippen molar-refractivity contribution in [1.29, 1.82) is 0 Å². The lowest BCUT2D eigenvalue weighted by Gasteiger charge is -2.07. The van der Waals surface area contributed by atoms with Crippen LogP contribution in [0.4, 0.5) is 0 Å². The van der Waals surface area contributed by atoms with Crippen molar-refractivity contribution in [3.63, 3.8) is 0 Å². The lowest BCUT2D eigenvalue weighted by Crippen LogP contribution is -1.91. The van der Waals surface area contributed by atoms with Crippen LogP contribution in [0.15, 0.2) is 59.4 Å². The third kappa shape index (κ3) is 2.65. The van der Waals surface area contributed by atoms with Gasteiger partial charge in [-0.25, -0.2) is 4.98 Å². The Labute approximate surface area is 139 Å². The minimum Gasteiger partial charge on any atom is -0.334 e. The summed E-state index contributed by atoms with van der Waals surface area (Å²) in [4.78, 5) is 13.4. The van der Waals surface area contributed by atoms with E-state index in [-0.39, 0.29) is 0 Å². The van der Waals surface area contributed by atoms with Crippen LogP contribution in [-0.2, 0) is 6.42 Å².